The van der Waals surface area contributed by atoms with Gasteiger partial charge < -0.3 is 0 Å². The molecule has 114 valence electrons. The first-order valence-electron chi connectivity index (χ1n) is 6.53. The number of nitrogens with zero attached hydrogens (tertiary/aromatic N) is 3. The van der Waals surface area contributed by atoms with Crippen molar-refractivity contribution < 1.29 is 8.42 Å². The fraction of sp³-hybridized carbons (Fsp3) is 0.692. The molecule has 0 atom stereocenters. The summed E-state index contributed by atoms with van der Waals surface area (Å²) in [6, 6.07) is 3.20. The van der Waals surface area contributed by atoms with E-state index in [9.17, 15) is 13.2 Å². The standard InChI is InChI=1S/C13H23N3O3S/c1-13(2,3)11-7-8-12(17)16(14-11)9-6-10-20(18,19)15(4)5/h7-8H,6,9-10H2,1-5H3. The van der Waals surface area contributed by atoms with Gasteiger partial charge in [-0.2, -0.15) is 5.10 Å². The van der Waals surface area contributed by atoms with Crippen molar-refractivity contribution in [1.29, 1.82) is 0 Å². The minimum atomic E-state index is -3.23. The minimum Gasteiger partial charge on any atom is -0.268 e. The molecular formula is C13H23N3O3S. The molecule has 0 aliphatic carbocycles. The van der Waals surface area contributed by atoms with Gasteiger partial charge in [0, 0.05) is 32.1 Å². The number of aryl methyl sites for hydroxylation is 1. The Balaban J connectivity index is 2.82. The minimum absolute atomic E-state index is 0.00780. The second kappa shape index (κ2) is 6.05. The zero-order chi connectivity index (χ0) is 15.6. The van der Waals surface area contributed by atoms with Gasteiger partial charge in [-0.1, -0.05) is 20.8 Å². The molecule has 1 rings (SSSR count). The molecule has 1 aromatic heterocycles. The quantitative estimate of drug-likeness (QED) is 0.807. The number of hydrogen-bond donors (Lipinski definition) is 0. The monoisotopic (exact) mass is 301 g/mol. The number of rotatable bonds is 5. The molecule has 1 aromatic rings. The SMILES string of the molecule is CN(C)S(=O)(=O)CCCn1nc(C(C)(C)C)ccc1=O. The second-order valence-corrected chi connectivity index (χ2v) is 8.28. The molecule has 0 bridgehead atoms. The summed E-state index contributed by atoms with van der Waals surface area (Å²) in [6.07, 6.45) is 0.362. The molecule has 20 heavy (non-hydrogen) atoms. The van der Waals surface area contributed by atoms with Gasteiger partial charge >= 0.3 is 0 Å². The van der Waals surface area contributed by atoms with E-state index in [0.29, 0.717) is 13.0 Å². The average molecular weight is 301 g/mol. The highest BCUT2D eigenvalue weighted by atomic mass is 32.2. The maximum absolute atomic E-state index is 11.7. The molecule has 0 fully saturated rings. The molecule has 0 radical (unpaired) electrons. The van der Waals surface area contributed by atoms with Crippen LogP contribution in [0.4, 0.5) is 0 Å². The Morgan fingerprint density at radius 3 is 2.35 bits per heavy atom. The van der Waals surface area contributed by atoms with Gasteiger partial charge in [-0.25, -0.2) is 17.4 Å². The van der Waals surface area contributed by atoms with Crippen LogP contribution >= 0.6 is 0 Å². The van der Waals surface area contributed by atoms with Gasteiger partial charge in [-0.3, -0.25) is 4.79 Å². The van der Waals surface area contributed by atoms with Crippen molar-refractivity contribution >= 4 is 10.0 Å². The van der Waals surface area contributed by atoms with Crippen LogP contribution in [0.2, 0.25) is 0 Å². The second-order valence-electron chi connectivity index (χ2n) is 5.98. The zero-order valence-corrected chi connectivity index (χ0v) is 13.6. The first-order chi connectivity index (χ1) is 9.04. The first kappa shape index (κ1) is 16.8. The van der Waals surface area contributed by atoms with Crippen molar-refractivity contribution in [3.05, 3.63) is 28.2 Å². The highest BCUT2D eigenvalue weighted by Crippen LogP contribution is 2.18. The van der Waals surface area contributed by atoms with Crippen molar-refractivity contribution in [3.8, 4) is 0 Å². The van der Waals surface area contributed by atoms with Crippen molar-refractivity contribution in [3.63, 3.8) is 0 Å². The van der Waals surface area contributed by atoms with Crippen LogP contribution in [-0.2, 0) is 22.0 Å². The molecule has 6 nitrogen and oxygen atoms in total. The summed E-state index contributed by atoms with van der Waals surface area (Å²) in [5, 5.41) is 4.30. The molecule has 0 spiro atoms. The normalized spacial score (nSPS) is 12.9. The molecule has 7 heteroatoms. The van der Waals surface area contributed by atoms with E-state index in [2.05, 4.69) is 5.10 Å². The fourth-order valence-corrected chi connectivity index (χ4v) is 2.45. The largest absolute Gasteiger partial charge is 0.268 e. The summed E-state index contributed by atoms with van der Waals surface area (Å²) in [7, 11) is -0.230. The lowest BCUT2D eigenvalue weighted by atomic mass is 9.92. The first-order valence-corrected chi connectivity index (χ1v) is 8.14. The fourth-order valence-electron chi connectivity index (χ4n) is 1.59. The lowest BCUT2D eigenvalue weighted by Crippen LogP contribution is -2.29. The van der Waals surface area contributed by atoms with Crippen LogP contribution in [0.15, 0.2) is 16.9 Å². The van der Waals surface area contributed by atoms with Gasteiger partial charge in [-0.15, -0.1) is 0 Å². The average Bonchev–Trinajstić information content (AvgIpc) is 2.29. The van der Waals surface area contributed by atoms with Gasteiger partial charge in [0.25, 0.3) is 5.56 Å². The Morgan fingerprint density at radius 2 is 1.85 bits per heavy atom. The smallest absolute Gasteiger partial charge is 0.266 e. The van der Waals surface area contributed by atoms with Crippen LogP contribution in [0.3, 0.4) is 0 Å². The summed E-state index contributed by atoms with van der Waals surface area (Å²) < 4.78 is 25.8. The Morgan fingerprint density at radius 1 is 1.25 bits per heavy atom. The van der Waals surface area contributed by atoms with Gasteiger partial charge in [0.15, 0.2) is 0 Å². The van der Waals surface area contributed by atoms with Crippen LogP contribution in [0.25, 0.3) is 0 Å². The molecule has 0 aromatic carbocycles. The third kappa shape index (κ3) is 4.42. The summed E-state index contributed by atoms with van der Waals surface area (Å²) in [5.74, 6) is 0.00780. The summed E-state index contributed by atoms with van der Waals surface area (Å²) in [5.41, 5.74) is 0.457. The Hall–Kier alpha value is -1.21. The van der Waals surface area contributed by atoms with Crippen LogP contribution in [0.5, 0.6) is 0 Å². The third-order valence-corrected chi connectivity index (χ3v) is 4.88. The van der Waals surface area contributed by atoms with Crippen LogP contribution < -0.4 is 5.56 Å². The number of aromatic nitrogens is 2. The summed E-state index contributed by atoms with van der Waals surface area (Å²) >= 11 is 0. The topological polar surface area (TPSA) is 72.3 Å². The molecule has 0 aliphatic rings. The van der Waals surface area contributed by atoms with Crippen molar-refractivity contribution in [1.82, 2.24) is 14.1 Å². The molecule has 0 aliphatic heterocycles. The van der Waals surface area contributed by atoms with E-state index in [1.807, 2.05) is 20.8 Å². The molecule has 0 saturated heterocycles. The van der Waals surface area contributed by atoms with Crippen molar-refractivity contribution in [2.75, 3.05) is 19.8 Å². The van der Waals surface area contributed by atoms with E-state index in [0.717, 1.165) is 5.69 Å². The molecule has 1 heterocycles. The number of hydrogen-bond acceptors (Lipinski definition) is 4. The van der Waals surface area contributed by atoms with Gasteiger partial charge in [0.2, 0.25) is 10.0 Å². The van der Waals surface area contributed by atoms with Crippen LogP contribution in [-0.4, -0.2) is 42.4 Å². The highest BCUT2D eigenvalue weighted by Gasteiger charge is 2.17. The predicted octanol–water partition coefficient (Wildman–Crippen LogP) is 0.822. The molecule has 0 N–H and O–H groups in total. The maximum Gasteiger partial charge on any atom is 0.266 e. The van der Waals surface area contributed by atoms with E-state index in [-0.39, 0.29) is 16.7 Å². The third-order valence-electron chi connectivity index (χ3n) is 2.96. The lowest BCUT2D eigenvalue weighted by Gasteiger charge is -2.18. The highest BCUT2D eigenvalue weighted by molar-refractivity contribution is 7.89. The molecular weight excluding hydrogens is 278 g/mol. The van der Waals surface area contributed by atoms with Crippen LogP contribution in [0, 0.1) is 0 Å². The Kier molecular flexibility index (Phi) is 5.10. The van der Waals surface area contributed by atoms with Crippen molar-refractivity contribution in [2.24, 2.45) is 0 Å². The summed E-state index contributed by atoms with van der Waals surface area (Å²) in [6.45, 7) is 6.35. The molecule has 0 amide bonds. The van der Waals surface area contributed by atoms with E-state index in [4.69, 9.17) is 0 Å². The van der Waals surface area contributed by atoms with E-state index in [1.54, 1.807) is 6.07 Å². The Labute approximate surface area is 120 Å². The molecule has 0 unspecified atom stereocenters. The van der Waals surface area contributed by atoms with Crippen LogP contribution in [0.1, 0.15) is 32.9 Å². The van der Waals surface area contributed by atoms with Gasteiger partial charge in [-0.05, 0) is 12.5 Å². The van der Waals surface area contributed by atoms with E-state index >= 15 is 0 Å². The summed E-state index contributed by atoms with van der Waals surface area (Å²) in [4.78, 5) is 11.7. The van der Waals surface area contributed by atoms with Gasteiger partial charge in [0.05, 0.1) is 11.4 Å². The van der Waals surface area contributed by atoms with Gasteiger partial charge in [0.1, 0.15) is 0 Å². The van der Waals surface area contributed by atoms with E-state index < -0.39 is 10.0 Å². The maximum atomic E-state index is 11.7. The predicted molar refractivity (Wildman–Crippen MR) is 79.3 cm³/mol. The Bertz CT molecular complexity index is 612. The van der Waals surface area contributed by atoms with E-state index in [1.165, 1.54) is 29.1 Å². The molecule has 0 saturated carbocycles. The lowest BCUT2D eigenvalue weighted by molar-refractivity contribution is 0.486. The number of sulfonamides is 1. The zero-order valence-electron chi connectivity index (χ0n) is 12.8. The van der Waals surface area contributed by atoms with Crippen molar-refractivity contribution in [2.45, 2.75) is 39.2 Å².